The van der Waals surface area contributed by atoms with Crippen molar-refractivity contribution in [1.82, 2.24) is 4.90 Å². The predicted molar refractivity (Wildman–Crippen MR) is 84.8 cm³/mol. The van der Waals surface area contributed by atoms with Gasteiger partial charge in [0.2, 0.25) is 0 Å². The Morgan fingerprint density at radius 3 is 2.75 bits per heavy atom. The van der Waals surface area contributed by atoms with Gasteiger partial charge in [0.05, 0.1) is 0 Å². The van der Waals surface area contributed by atoms with Crippen LogP contribution in [0, 0.1) is 17.3 Å². The van der Waals surface area contributed by atoms with Crippen molar-refractivity contribution < 1.29 is 4.79 Å². The van der Waals surface area contributed by atoms with E-state index in [1.807, 2.05) is 0 Å². The molecule has 1 saturated carbocycles. The van der Waals surface area contributed by atoms with Crippen molar-refractivity contribution in [2.24, 2.45) is 17.3 Å². The third-order valence-electron chi connectivity index (χ3n) is 5.55. The van der Waals surface area contributed by atoms with E-state index in [9.17, 15) is 4.79 Å². The molecule has 2 fully saturated rings. The Labute approximate surface area is 125 Å². The van der Waals surface area contributed by atoms with Crippen LogP contribution in [0.15, 0.2) is 0 Å². The third kappa shape index (κ3) is 4.31. The lowest BCUT2D eigenvalue weighted by Gasteiger charge is -2.39. The lowest BCUT2D eigenvalue weighted by atomic mass is 9.70. The van der Waals surface area contributed by atoms with Crippen molar-refractivity contribution in [3.05, 3.63) is 0 Å². The van der Waals surface area contributed by atoms with Gasteiger partial charge in [-0.3, -0.25) is 0 Å². The van der Waals surface area contributed by atoms with Gasteiger partial charge in [-0.25, -0.2) is 0 Å². The number of carbonyl (C=O) groups excluding carboxylic acids is 1. The van der Waals surface area contributed by atoms with Crippen LogP contribution in [0.3, 0.4) is 0 Å². The Balaban J connectivity index is 1.89. The second-order valence-electron chi connectivity index (χ2n) is 7.54. The highest BCUT2D eigenvalue weighted by Crippen LogP contribution is 2.39. The van der Waals surface area contributed by atoms with Gasteiger partial charge in [0.15, 0.2) is 0 Å². The van der Waals surface area contributed by atoms with Gasteiger partial charge in [-0.1, -0.05) is 39.5 Å². The highest BCUT2D eigenvalue weighted by Gasteiger charge is 2.36. The SMILES string of the molecule is CCCC1CCCN(CC2(C=O)CCCC(C)C2)CC1. The van der Waals surface area contributed by atoms with E-state index in [-0.39, 0.29) is 5.41 Å². The second-order valence-corrected chi connectivity index (χ2v) is 7.54. The number of hydrogen-bond donors (Lipinski definition) is 0. The minimum atomic E-state index is -0.0255. The molecule has 20 heavy (non-hydrogen) atoms. The molecule has 0 bridgehead atoms. The van der Waals surface area contributed by atoms with E-state index in [4.69, 9.17) is 0 Å². The molecule has 0 aromatic carbocycles. The molecule has 2 rings (SSSR count). The molecule has 1 heterocycles. The molecule has 0 amide bonds. The van der Waals surface area contributed by atoms with Gasteiger partial charge in [-0.05, 0) is 57.0 Å². The summed E-state index contributed by atoms with van der Waals surface area (Å²) in [5.74, 6) is 1.66. The van der Waals surface area contributed by atoms with Crippen LogP contribution in [-0.4, -0.2) is 30.8 Å². The lowest BCUT2D eigenvalue weighted by Crippen LogP contribution is -2.42. The number of aldehydes is 1. The molecule has 0 aromatic rings. The smallest absolute Gasteiger partial charge is 0.127 e. The van der Waals surface area contributed by atoms with Crippen LogP contribution in [-0.2, 0) is 4.79 Å². The Morgan fingerprint density at radius 1 is 1.20 bits per heavy atom. The average molecular weight is 279 g/mol. The number of likely N-dealkylation sites (tertiary alicyclic amines) is 1. The Bertz CT molecular complexity index is 304. The molecule has 0 N–H and O–H groups in total. The molecule has 3 atom stereocenters. The van der Waals surface area contributed by atoms with Gasteiger partial charge in [-0.2, -0.15) is 0 Å². The monoisotopic (exact) mass is 279 g/mol. The number of carbonyl (C=O) groups is 1. The summed E-state index contributed by atoms with van der Waals surface area (Å²) in [7, 11) is 0. The van der Waals surface area contributed by atoms with E-state index in [0.717, 1.165) is 31.2 Å². The van der Waals surface area contributed by atoms with Crippen molar-refractivity contribution in [2.75, 3.05) is 19.6 Å². The van der Waals surface area contributed by atoms with Crippen LogP contribution < -0.4 is 0 Å². The topological polar surface area (TPSA) is 20.3 Å². The maximum Gasteiger partial charge on any atom is 0.127 e. The average Bonchev–Trinajstić information content (AvgIpc) is 2.65. The molecule has 0 radical (unpaired) electrons. The quantitative estimate of drug-likeness (QED) is 0.700. The first kappa shape index (κ1) is 16.0. The Morgan fingerprint density at radius 2 is 2.05 bits per heavy atom. The minimum Gasteiger partial charge on any atom is -0.303 e. The van der Waals surface area contributed by atoms with E-state index in [1.165, 1.54) is 64.3 Å². The number of hydrogen-bond acceptors (Lipinski definition) is 2. The number of nitrogens with zero attached hydrogens (tertiary/aromatic N) is 1. The summed E-state index contributed by atoms with van der Waals surface area (Å²) in [6.07, 6.45) is 12.9. The highest BCUT2D eigenvalue weighted by atomic mass is 16.1. The van der Waals surface area contributed by atoms with Crippen LogP contribution in [0.2, 0.25) is 0 Å². The zero-order valence-electron chi connectivity index (χ0n) is 13.6. The molecule has 1 aliphatic heterocycles. The van der Waals surface area contributed by atoms with Crippen LogP contribution in [0.4, 0.5) is 0 Å². The van der Waals surface area contributed by atoms with Crippen LogP contribution in [0.25, 0.3) is 0 Å². The van der Waals surface area contributed by atoms with Crippen molar-refractivity contribution in [3.8, 4) is 0 Å². The summed E-state index contributed by atoms with van der Waals surface area (Å²) in [6, 6.07) is 0. The van der Waals surface area contributed by atoms with Gasteiger partial charge >= 0.3 is 0 Å². The fourth-order valence-corrected chi connectivity index (χ4v) is 4.51. The third-order valence-corrected chi connectivity index (χ3v) is 5.55. The lowest BCUT2D eigenvalue weighted by molar-refractivity contribution is -0.120. The van der Waals surface area contributed by atoms with Gasteiger partial charge in [0.1, 0.15) is 6.29 Å². The van der Waals surface area contributed by atoms with E-state index in [1.54, 1.807) is 0 Å². The second kappa shape index (κ2) is 7.59. The summed E-state index contributed by atoms with van der Waals surface area (Å²) < 4.78 is 0. The Kier molecular flexibility index (Phi) is 6.07. The first-order valence-electron chi connectivity index (χ1n) is 8.86. The van der Waals surface area contributed by atoms with Gasteiger partial charge in [0, 0.05) is 12.0 Å². The Hall–Kier alpha value is -0.370. The highest BCUT2D eigenvalue weighted by molar-refractivity contribution is 5.60. The van der Waals surface area contributed by atoms with Crippen LogP contribution in [0.5, 0.6) is 0 Å². The first-order valence-corrected chi connectivity index (χ1v) is 8.86. The zero-order valence-corrected chi connectivity index (χ0v) is 13.6. The predicted octanol–water partition coefficient (Wildman–Crippen LogP) is 4.28. The first-order chi connectivity index (χ1) is 9.67. The van der Waals surface area contributed by atoms with Gasteiger partial charge in [-0.15, -0.1) is 0 Å². The fourth-order valence-electron chi connectivity index (χ4n) is 4.51. The van der Waals surface area contributed by atoms with E-state index in [0.29, 0.717) is 0 Å². The van der Waals surface area contributed by atoms with Crippen molar-refractivity contribution in [3.63, 3.8) is 0 Å². The van der Waals surface area contributed by atoms with Crippen molar-refractivity contribution in [1.29, 1.82) is 0 Å². The van der Waals surface area contributed by atoms with E-state index < -0.39 is 0 Å². The largest absolute Gasteiger partial charge is 0.303 e. The molecule has 1 aliphatic carbocycles. The molecule has 2 heteroatoms. The summed E-state index contributed by atoms with van der Waals surface area (Å²) in [5.41, 5.74) is -0.0255. The van der Waals surface area contributed by atoms with Crippen molar-refractivity contribution in [2.45, 2.75) is 71.6 Å². The molecule has 2 aliphatic rings. The summed E-state index contributed by atoms with van der Waals surface area (Å²) in [5, 5.41) is 0. The van der Waals surface area contributed by atoms with E-state index in [2.05, 4.69) is 18.7 Å². The molecule has 116 valence electrons. The maximum atomic E-state index is 11.7. The maximum absolute atomic E-state index is 11.7. The summed E-state index contributed by atoms with van der Waals surface area (Å²) >= 11 is 0. The molecule has 0 spiro atoms. The molecular weight excluding hydrogens is 246 g/mol. The van der Waals surface area contributed by atoms with Crippen LogP contribution in [0.1, 0.15) is 71.6 Å². The van der Waals surface area contributed by atoms with Gasteiger partial charge in [0.25, 0.3) is 0 Å². The standard InChI is InChI=1S/C18H33NO/c1-3-6-17-8-5-11-19(12-9-17)14-18(15-20)10-4-7-16(2)13-18/h15-17H,3-14H2,1-2H3. The fraction of sp³-hybridized carbons (Fsp3) is 0.944. The van der Waals surface area contributed by atoms with Gasteiger partial charge < -0.3 is 9.69 Å². The molecule has 2 nitrogen and oxygen atoms in total. The van der Waals surface area contributed by atoms with E-state index >= 15 is 0 Å². The molecule has 0 aromatic heterocycles. The molecule has 1 saturated heterocycles. The van der Waals surface area contributed by atoms with Crippen LogP contribution >= 0.6 is 0 Å². The number of rotatable bonds is 5. The molecule has 3 unspecified atom stereocenters. The normalized spacial score (nSPS) is 36.5. The molecular formula is C18H33NO. The minimum absolute atomic E-state index is 0.0255. The summed E-state index contributed by atoms with van der Waals surface area (Å²) in [4.78, 5) is 14.3. The van der Waals surface area contributed by atoms with Crippen molar-refractivity contribution >= 4 is 6.29 Å². The summed E-state index contributed by atoms with van der Waals surface area (Å²) in [6.45, 7) is 8.07. The zero-order chi connectivity index (χ0) is 14.4.